The predicted octanol–water partition coefficient (Wildman–Crippen LogP) is 1.70. The van der Waals surface area contributed by atoms with Crippen LogP contribution >= 0.6 is 12.4 Å². The molecule has 118 valence electrons. The highest BCUT2D eigenvalue weighted by Gasteiger charge is 2.27. The van der Waals surface area contributed by atoms with Crippen molar-refractivity contribution in [1.29, 1.82) is 0 Å². The summed E-state index contributed by atoms with van der Waals surface area (Å²) in [7, 11) is 2.88. The first-order valence-electron chi connectivity index (χ1n) is 6.51. The lowest BCUT2D eigenvalue weighted by Crippen LogP contribution is -2.52. The van der Waals surface area contributed by atoms with Crippen molar-refractivity contribution in [3.63, 3.8) is 0 Å². The standard InChI is InChI=1S/C14H19FN2O3.ClH/c1-9-8-16-4-5-17(9)14(18)10-6-12(19-2)13(20-3)7-11(10)15;/h6-7,9,16H,4-5,8H2,1-3H3;1H. The van der Waals surface area contributed by atoms with Gasteiger partial charge in [0.1, 0.15) is 5.82 Å². The lowest BCUT2D eigenvalue weighted by molar-refractivity contribution is 0.0650. The van der Waals surface area contributed by atoms with Crippen LogP contribution in [0.3, 0.4) is 0 Å². The third kappa shape index (κ3) is 3.57. The number of rotatable bonds is 3. The van der Waals surface area contributed by atoms with Gasteiger partial charge in [-0.25, -0.2) is 4.39 Å². The molecule has 7 heteroatoms. The van der Waals surface area contributed by atoms with Crippen molar-refractivity contribution in [2.75, 3.05) is 33.9 Å². The minimum absolute atomic E-state index is 0. The van der Waals surface area contributed by atoms with Crippen LogP contribution in [0.15, 0.2) is 12.1 Å². The Bertz CT molecular complexity index is 513. The summed E-state index contributed by atoms with van der Waals surface area (Å²) in [5, 5.41) is 3.19. The summed E-state index contributed by atoms with van der Waals surface area (Å²) in [4.78, 5) is 14.1. The number of benzene rings is 1. The fourth-order valence-corrected chi connectivity index (χ4v) is 2.32. The van der Waals surface area contributed by atoms with Gasteiger partial charge in [0, 0.05) is 31.7 Å². The summed E-state index contributed by atoms with van der Waals surface area (Å²) in [5.74, 6) is -0.300. The highest BCUT2D eigenvalue weighted by atomic mass is 35.5. The number of hydrogen-bond acceptors (Lipinski definition) is 4. The highest BCUT2D eigenvalue weighted by molar-refractivity contribution is 5.95. The van der Waals surface area contributed by atoms with Crippen LogP contribution in [0.25, 0.3) is 0 Å². The second kappa shape index (κ2) is 7.47. The molecule has 1 aromatic rings. The Morgan fingerprint density at radius 2 is 1.95 bits per heavy atom. The summed E-state index contributed by atoms with van der Waals surface area (Å²) in [5.41, 5.74) is 0.0106. The molecule has 1 fully saturated rings. The van der Waals surface area contributed by atoms with Gasteiger partial charge in [0.25, 0.3) is 5.91 Å². The van der Waals surface area contributed by atoms with E-state index in [1.165, 1.54) is 26.4 Å². The lowest BCUT2D eigenvalue weighted by Gasteiger charge is -2.34. The molecule has 0 spiro atoms. The van der Waals surface area contributed by atoms with Gasteiger partial charge in [-0.1, -0.05) is 0 Å². The second-order valence-electron chi connectivity index (χ2n) is 4.74. The van der Waals surface area contributed by atoms with Gasteiger partial charge in [0.15, 0.2) is 11.5 Å². The maximum Gasteiger partial charge on any atom is 0.257 e. The molecule has 1 unspecified atom stereocenters. The number of ether oxygens (including phenoxy) is 2. The van der Waals surface area contributed by atoms with Crippen LogP contribution in [0.2, 0.25) is 0 Å². The third-order valence-corrected chi connectivity index (χ3v) is 3.47. The molecule has 1 aliphatic heterocycles. The van der Waals surface area contributed by atoms with Crippen molar-refractivity contribution in [1.82, 2.24) is 10.2 Å². The monoisotopic (exact) mass is 318 g/mol. The topological polar surface area (TPSA) is 50.8 Å². The van der Waals surface area contributed by atoms with Crippen LogP contribution in [0.1, 0.15) is 17.3 Å². The zero-order valence-electron chi connectivity index (χ0n) is 12.3. The Hall–Kier alpha value is -1.53. The van der Waals surface area contributed by atoms with Gasteiger partial charge >= 0.3 is 0 Å². The van der Waals surface area contributed by atoms with Crippen LogP contribution in [0.5, 0.6) is 11.5 Å². The van der Waals surface area contributed by atoms with Crippen LogP contribution in [-0.4, -0.2) is 50.7 Å². The number of nitrogens with zero attached hydrogens (tertiary/aromatic N) is 1. The predicted molar refractivity (Wildman–Crippen MR) is 80.1 cm³/mol. The van der Waals surface area contributed by atoms with Crippen LogP contribution in [-0.2, 0) is 0 Å². The van der Waals surface area contributed by atoms with Crippen LogP contribution in [0, 0.1) is 5.82 Å². The minimum Gasteiger partial charge on any atom is -0.493 e. The van der Waals surface area contributed by atoms with E-state index in [-0.39, 0.29) is 35.7 Å². The van der Waals surface area contributed by atoms with E-state index >= 15 is 0 Å². The van der Waals surface area contributed by atoms with E-state index in [4.69, 9.17) is 9.47 Å². The van der Waals surface area contributed by atoms with Gasteiger partial charge in [-0.3, -0.25) is 4.79 Å². The number of carbonyl (C=O) groups is 1. The van der Waals surface area contributed by atoms with Crippen molar-refractivity contribution >= 4 is 18.3 Å². The number of methoxy groups -OCH3 is 2. The molecular formula is C14H20ClFN2O3. The molecular weight excluding hydrogens is 299 g/mol. The maximum atomic E-state index is 14.1. The number of piperazine rings is 1. The molecule has 0 aliphatic carbocycles. The van der Waals surface area contributed by atoms with Crippen molar-refractivity contribution in [2.24, 2.45) is 0 Å². The quantitative estimate of drug-likeness (QED) is 0.921. The van der Waals surface area contributed by atoms with E-state index in [0.29, 0.717) is 25.4 Å². The fourth-order valence-electron chi connectivity index (χ4n) is 2.32. The number of halogens is 2. The largest absolute Gasteiger partial charge is 0.493 e. The average Bonchev–Trinajstić information content (AvgIpc) is 2.46. The van der Waals surface area contributed by atoms with Crippen molar-refractivity contribution in [3.05, 3.63) is 23.5 Å². The first kappa shape index (κ1) is 17.5. The van der Waals surface area contributed by atoms with E-state index in [2.05, 4.69) is 5.32 Å². The molecule has 0 bridgehead atoms. The first-order valence-corrected chi connectivity index (χ1v) is 6.51. The number of hydrogen-bond donors (Lipinski definition) is 1. The molecule has 1 saturated heterocycles. The molecule has 1 aliphatic rings. The van der Waals surface area contributed by atoms with Crippen molar-refractivity contribution in [3.8, 4) is 11.5 Å². The minimum atomic E-state index is -0.599. The third-order valence-electron chi connectivity index (χ3n) is 3.47. The SMILES string of the molecule is COc1cc(F)c(C(=O)N2CCNCC2C)cc1OC.Cl. The molecule has 5 nitrogen and oxygen atoms in total. The summed E-state index contributed by atoms with van der Waals surface area (Å²) < 4.78 is 24.2. The first-order chi connectivity index (χ1) is 9.58. The van der Waals surface area contributed by atoms with Gasteiger partial charge in [0.05, 0.1) is 19.8 Å². The summed E-state index contributed by atoms with van der Waals surface area (Å²) >= 11 is 0. The van der Waals surface area contributed by atoms with E-state index in [0.717, 1.165) is 0 Å². The lowest BCUT2D eigenvalue weighted by atomic mass is 10.1. The Kier molecular flexibility index (Phi) is 6.23. The maximum absolute atomic E-state index is 14.1. The fraction of sp³-hybridized carbons (Fsp3) is 0.500. The van der Waals surface area contributed by atoms with E-state index in [9.17, 15) is 9.18 Å². The molecule has 0 saturated carbocycles. The van der Waals surface area contributed by atoms with E-state index < -0.39 is 5.82 Å². The van der Waals surface area contributed by atoms with E-state index in [1.807, 2.05) is 6.92 Å². The zero-order valence-corrected chi connectivity index (χ0v) is 13.1. The van der Waals surface area contributed by atoms with Crippen LogP contribution in [0.4, 0.5) is 4.39 Å². The van der Waals surface area contributed by atoms with Crippen molar-refractivity contribution < 1.29 is 18.7 Å². The number of nitrogens with one attached hydrogen (secondary N) is 1. The average molecular weight is 319 g/mol. The normalized spacial score (nSPS) is 17.9. The Morgan fingerprint density at radius 1 is 1.33 bits per heavy atom. The van der Waals surface area contributed by atoms with Gasteiger partial charge in [-0.2, -0.15) is 0 Å². The number of carbonyl (C=O) groups excluding carboxylic acids is 1. The molecule has 21 heavy (non-hydrogen) atoms. The Morgan fingerprint density at radius 3 is 2.52 bits per heavy atom. The van der Waals surface area contributed by atoms with Gasteiger partial charge in [-0.05, 0) is 13.0 Å². The molecule has 1 heterocycles. The zero-order chi connectivity index (χ0) is 14.7. The smallest absolute Gasteiger partial charge is 0.257 e. The second-order valence-corrected chi connectivity index (χ2v) is 4.74. The van der Waals surface area contributed by atoms with Gasteiger partial charge in [0.2, 0.25) is 0 Å². The summed E-state index contributed by atoms with van der Waals surface area (Å²) in [6, 6.07) is 2.60. The van der Waals surface area contributed by atoms with Gasteiger partial charge < -0.3 is 19.7 Å². The summed E-state index contributed by atoms with van der Waals surface area (Å²) in [6.45, 7) is 3.92. The Balaban J connectivity index is 0.00000220. The van der Waals surface area contributed by atoms with Crippen LogP contribution < -0.4 is 14.8 Å². The Labute approximate surface area is 129 Å². The summed E-state index contributed by atoms with van der Waals surface area (Å²) in [6.07, 6.45) is 0. The molecule has 1 aromatic carbocycles. The molecule has 0 radical (unpaired) electrons. The molecule has 0 aromatic heterocycles. The van der Waals surface area contributed by atoms with E-state index in [1.54, 1.807) is 4.90 Å². The van der Waals surface area contributed by atoms with Crippen molar-refractivity contribution in [2.45, 2.75) is 13.0 Å². The van der Waals surface area contributed by atoms with Gasteiger partial charge in [-0.15, -0.1) is 12.4 Å². The molecule has 1 N–H and O–H groups in total. The molecule has 1 amide bonds. The highest BCUT2D eigenvalue weighted by Crippen LogP contribution is 2.30. The molecule has 1 atom stereocenters. The molecule has 2 rings (SSSR count). The number of amides is 1.